The van der Waals surface area contributed by atoms with Gasteiger partial charge in [-0.2, -0.15) is 0 Å². The van der Waals surface area contributed by atoms with E-state index in [1.54, 1.807) is 55.6 Å². The van der Waals surface area contributed by atoms with Crippen molar-refractivity contribution in [3.8, 4) is 5.75 Å². The van der Waals surface area contributed by atoms with Crippen LogP contribution in [0, 0.1) is 0 Å². The molecule has 1 aliphatic rings. The first-order chi connectivity index (χ1) is 20.5. The molecule has 1 aliphatic heterocycles. The Kier molecular flexibility index (Phi) is 11.3. The second-order valence-electron chi connectivity index (χ2n) is 9.53. The van der Waals surface area contributed by atoms with E-state index in [-0.39, 0.29) is 18.9 Å². The lowest BCUT2D eigenvalue weighted by Gasteiger charge is -2.31. The molecule has 1 amide bonds. The molecule has 0 aliphatic carbocycles. The first-order valence-electron chi connectivity index (χ1n) is 13.5. The molecule has 0 aromatic heterocycles. The fourth-order valence-corrected chi connectivity index (χ4v) is 5.02. The van der Waals surface area contributed by atoms with Crippen LogP contribution in [0.2, 0.25) is 0 Å². The molecule has 3 aromatic carbocycles. The summed E-state index contributed by atoms with van der Waals surface area (Å²) in [6, 6.07) is 21.8. The normalized spacial score (nSPS) is 17.6. The second kappa shape index (κ2) is 15.3. The molecule has 0 saturated carbocycles. The summed E-state index contributed by atoms with van der Waals surface area (Å²) in [4.78, 5) is 22.2. The average molecular weight is 638 g/mol. The Bertz CT molecular complexity index is 1430. The van der Waals surface area contributed by atoms with Gasteiger partial charge in [-0.15, -0.1) is 0 Å². The summed E-state index contributed by atoms with van der Waals surface area (Å²) >= 11 is 3.62. The Balaban J connectivity index is 1.79. The van der Waals surface area contributed by atoms with Crippen molar-refractivity contribution in [1.29, 1.82) is 0 Å². The lowest BCUT2D eigenvalue weighted by molar-refractivity contribution is -0.130. The van der Waals surface area contributed by atoms with Crippen molar-refractivity contribution in [3.63, 3.8) is 0 Å². The summed E-state index contributed by atoms with van der Waals surface area (Å²) in [7, 11) is 1.62. The van der Waals surface area contributed by atoms with Crippen LogP contribution in [-0.2, 0) is 20.7 Å². The molecule has 2 atom stereocenters. The van der Waals surface area contributed by atoms with E-state index < -0.39 is 17.6 Å². The molecule has 0 unspecified atom stereocenters. The van der Waals surface area contributed by atoms with Crippen LogP contribution in [0.4, 0.5) is 5.69 Å². The van der Waals surface area contributed by atoms with Gasteiger partial charge in [0.1, 0.15) is 5.75 Å². The van der Waals surface area contributed by atoms with Gasteiger partial charge in [0, 0.05) is 65.9 Å². The van der Waals surface area contributed by atoms with Gasteiger partial charge < -0.3 is 19.3 Å². The predicted molar refractivity (Wildman–Crippen MR) is 162 cm³/mol. The number of hydrogen-bond donors (Lipinski definition) is 3. The van der Waals surface area contributed by atoms with E-state index in [0.717, 1.165) is 10.0 Å². The number of carbonyl (C=O) groups is 1. The number of aliphatic imine (C=N–C) groups is 1. The van der Waals surface area contributed by atoms with Gasteiger partial charge in [-0.25, -0.2) is 10.4 Å². The number of amides is 1. The van der Waals surface area contributed by atoms with Crippen LogP contribution < -0.4 is 15.6 Å². The molecular formula is C30H33BrN6O5. The number of methoxy groups -OCH3 is 1. The summed E-state index contributed by atoms with van der Waals surface area (Å²) in [6.07, 6.45) is 0.467. The zero-order valence-electron chi connectivity index (χ0n) is 23.2. The second-order valence-corrected chi connectivity index (χ2v) is 10.4. The van der Waals surface area contributed by atoms with E-state index >= 15 is 0 Å². The maximum absolute atomic E-state index is 14.2. The molecule has 0 radical (unpaired) electrons. The van der Waals surface area contributed by atoms with Gasteiger partial charge in [-0.3, -0.25) is 10.2 Å². The molecule has 220 valence electrons. The van der Waals surface area contributed by atoms with E-state index in [1.807, 2.05) is 24.3 Å². The van der Waals surface area contributed by atoms with Crippen molar-refractivity contribution in [2.45, 2.75) is 30.9 Å². The molecule has 42 heavy (non-hydrogen) atoms. The fourth-order valence-electron chi connectivity index (χ4n) is 4.60. The lowest BCUT2D eigenvalue weighted by atomic mass is 9.81. The third-order valence-corrected chi connectivity index (χ3v) is 7.45. The van der Waals surface area contributed by atoms with Gasteiger partial charge in [0.15, 0.2) is 11.6 Å². The first kappa shape index (κ1) is 31.0. The maximum Gasteiger partial charge on any atom is 0.266 e. The number of azide groups is 1. The molecular weight excluding hydrogens is 604 g/mol. The topological polar surface area (TPSA) is 150 Å². The number of aliphatic hydroxyl groups excluding tert-OH is 1. The van der Waals surface area contributed by atoms with E-state index in [0.29, 0.717) is 55.2 Å². The summed E-state index contributed by atoms with van der Waals surface area (Å²) < 4.78 is 18.1. The largest absolute Gasteiger partial charge is 0.494 e. The number of rotatable bonds is 15. The highest BCUT2D eigenvalue weighted by molar-refractivity contribution is 9.10. The van der Waals surface area contributed by atoms with Crippen molar-refractivity contribution >= 4 is 33.4 Å². The van der Waals surface area contributed by atoms with Gasteiger partial charge in [0.05, 0.1) is 6.61 Å². The van der Waals surface area contributed by atoms with E-state index in [9.17, 15) is 10.3 Å². The lowest BCUT2D eigenvalue weighted by Crippen LogP contribution is -2.54. The van der Waals surface area contributed by atoms with Gasteiger partial charge in [-0.05, 0) is 47.8 Å². The molecule has 0 fully saturated rings. The highest BCUT2D eigenvalue weighted by atomic mass is 79.9. The summed E-state index contributed by atoms with van der Waals surface area (Å²) in [5, 5.41) is 12.9. The van der Waals surface area contributed by atoms with Crippen molar-refractivity contribution in [2.24, 2.45) is 10.1 Å². The highest BCUT2D eigenvalue weighted by Gasteiger charge is 2.54. The van der Waals surface area contributed by atoms with Gasteiger partial charge >= 0.3 is 0 Å². The minimum Gasteiger partial charge on any atom is -0.494 e. The standard InChI is InChI=1S/C30H33BrN6O5/c1-40-18-6-16-33-36-29(39)30(20-22-8-2-4-10-25(22)31)27(24-9-3-5-11-26(24)35-37-32)42-28(34-30)21-12-14-23(15-13-21)41-19-7-17-38/h2-5,8-15,27,33,38H,6-7,16-20H2,1H3,(H,36,39)/t27-,30-/m0/s1. The summed E-state index contributed by atoms with van der Waals surface area (Å²) in [6.45, 7) is 1.46. The number of nitrogens with one attached hydrogen (secondary N) is 2. The number of ether oxygens (including phenoxy) is 3. The molecule has 0 spiro atoms. The molecule has 4 rings (SSSR count). The van der Waals surface area contributed by atoms with Gasteiger partial charge in [-0.1, -0.05) is 63.5 Å². The number of hydrogen-bond acceptors (Lipinski definition) is 8. The Labute approximate surface area is 252 Å². The molecule has 0 bridgehead atoms. The van der Waals surface area contributed by atoms with Crippen LogP contribution in [0.15, 0.2) is 87.4 Å². The van der Waals surface area contributed by atoms with Crippen molar-refractivity contribution in [2.75, 3.05) is 33.5 Å². The first-order valence-corrected chi connectivity index (χ1v) is 14.3. The number of carbonyl (C=O) groups excluding carboxylic acids is 1. The monoisotopic (exact) mass is 636 g/mol. The van der Waals surface area contributed by atoms with Crippen LogP contribution in [0.25, 0.3) is 10.4 Å². The van der Waals surface area contributed by atoms with E-state index in [1.165, 1.54) is 0 Å². The number of benzene rings is 3. The fraction of sp³-hybridized carbons (Fsp3) is 0.333. The maximum atomic E-state index is 14.2. The molecule has 3 aromatic rings. The molecule has 0 saturated heterocycles. The molecule has 3 N–H and O–H groups in total. The molecule has 12 heteroatoms. The highest BCUT2D eigenvalue weighted by Crippen LogP contribution is 2.45. The number of aliphatic hydroxyl groups is 1. The van der Waals surface area contributed by atoms with Crippen LogP contribution in [0.3, 0.4) is 0 Å². The average Bonchev–Trinajstić information content (AvgIpc) is 3.39. The number of halogens is 1. The van der Waals surface area contributed by atoms with Crippen LogP contribution in [-0.4, -0.2) is 55.9 Å². The van der Waals surface area contributed by atoms with Gasteiger partial charge in [0.25, 0.3) is 5.91 Å². The Morgan fingerprint density at radius 1 is 1.12 bits per heavy atom. The van der Waals surface area contributed by atoms with Gasteiger partial charge in [0.2, 0.25) is 5.90 Å². The molecule has 1 heterocycles. The van der Waals surface area contributed by atoms with Crippen LogP contribution >= 0.6 is 15.9 Å². The van der Waals surface area contributed by atoms with E-state index in [4.69, 9.17) is 24.3 Å². The number of hydrazine groups is 1. The summed E-state index contributed by atoms with van der Waals surface area (Å²) in [5.41, 5.74) is 16.0. The zero-order chi connectivity index (χ0) is 29.8. The molecule has 11 nitrogen and oxygen atoms in total. The van der Waals surface area contributed by atoms with Crippen molar-refractivity contribution in [1.82, 2.24) is 10.9 Å². The SMILES string of the molecule is COCCCNNC(=O)[C@@]1(Cc2ccccc2Br)N=C(c2ccc(OCCCO)cc2)O[C@H]1c1ccccc1N=[N+]=[N-]. The van der Waals surface area contributed by atoms with Crippen LogP contribution in [0.5, 0.6) is 5.75 Å². The summed E-state index contributed by atoms with van der Waals surface area (Å²) in [5.74, 6) is 0.489. The Morgan fingerprint density at radius 3 is 2.62 bits per heavy atom. The smallest absolute Gasteiger partial charge is 0.266 e. The van der Waals surface area contributed by atoms with Crippen LogP contribution in [0.1, 0.15) is 35.6 Å². The van der Waals surface area contributed by atoms with E-state index in [2.05, 4.69) is 36.8 Å². The third kappa shape index (κ3) is 7.47. The number of nitrogens with zero attached hydrogens (tertiary/aromatic N) is 4. The Hall–Kier alpha value is -3.93. The third-order valence-electron chi connectivity index (χ3n) is 6.67. The predicted octanol–water partition coefficient (Wildman–Crippen LogP) is 5.31. The van der Waals surface area contributed by atoms with Crippen molar-refractivity contribution in [3.05, 3.63) is 104 Å². The Morgan fingerprint density at radius 2 is 1.88 bits per heavy atom. The zero-order valence-corrected chi connectivity index (χ0v) is 24.8. The minimum atomic E-state index is -1.48. The minimum absolute atomic E-state index is 0.0460. The van der Waals surface area contributed by atoms with Crippen molar-refractivity contribution < 1.29 is 24.1 Å². The quantitative estimate of drug-likeness (QED) is 0.0676.